The first-order chi connectivity index (χ1) is 8.72. The summed E-state index contributed by atoms with van der Waals surface area (Å²) in [6.45, 7) is 8.12. The molecule has 2 heterocycles. The quantitative estimate of drug-likeness (QED) is 0.808. The van der Waals surface area contributed by atoms with Gasteiger partial charge in [0.05, 0.1) is 11.9 Å². The van der Waals surface area contributed by atoms with E-state index < -0.39 is 0 Å². The van der Waals surface area contributed by atoms with Crippen molar-refractivity contribution in [2.45, 2.75) is 19.8 Å². The molecule has 2 rings (SSSR count). The zero-order valence-electron chi connectivity index (χ0n) is 11.1. The van der Waals surface area contributed by atoms with Crippen LogP contribution in [0.15, 0.2) is 29.4 Å². The lowest BCUT2D eigenvalue weighted by Crippen LogP contribution is -2.21. The molecule has 0 spiro atoms. The molecular weight excluding hydrogens is 224 g/mol. The lowest BCUT2D eigenvalue weighted by molar-refractivity contribution is 0.667. The molecule has 0 unspecified atom stereocenters. The third kappa shape index (κ3) is 2.76. The molecule has 0 saturated carbocycles. The standard InChI is InChI=1S/C14H20N4/c1-4-15-9-5-6-12-7-8-13-14(17-12)18(3)11(2)10-16-13/h7-8,10,15H,2,4-6,9H2,1,3H3. The van der Waals surface area contributed by atoms with Gasteiger partial charge in [-0.2, -0.15) is 0 Å². The van der Waals surface area contributed by atoms with Crippen LogP contribution in [-0.2, 0) is 6.42 Å². The van der Waals surface area contributed by atoms with E-state index in [1.807, 2.05) is 18.0 Å². The summed E-state index contributed by atoms with van der Waals surface area (Å²) in [5, 5.41) is 3.32. The second-order valence-corrected chi connectivity index (χ2v) is 4.41. The molecule has 4 nitrogen and oxygen atoms in total. The Labute approximate surface area is 108 Å². The second-order valence-electron chi connectivity index (χ2n) is 4.41. The van der Waals surface area contributed by atoms with E-state index in [-0.39, 0.29) is 0 Å². The predicted octanol–water partition coefficient (Wildman–Crippen LogP) is 2.29. The average molecular weight is 244 g/mol. The molecule has 1 aliphatic rings. The molecule has 0 aliphatic carbocycles. The SMILES string of the molecule is C=C1C=Nc2ccc(CCCNCC)nc2N1C. The van der Waals surface area contributed by atoms with Gasteiger partial charge in [0.15, 0.2) is 5.82 Å². The minimum atomic E-state index is 0.875. The van der Waals surface area contributed by atoms with E-state index in [0.29, 0.717) is 0 Å². The molecule has 1 aromatic rings. The van der Waals surface area contributed by atoms with Gasteiger partial charge in [0, 0.05) is 12.7 Å². The molecular formula is C14H20N4. The summed E-state index contributed by atoms with van der Waals surface area (Å²) >= 11 is 0. The van der Waals surface area contributed by atoms with Crippen LogP contribution in [0.2, 0.25) is 0 Å². The molecule has 0 bridgehead atoms. The van der Waals surface area contributed by atoms with Crippen molar-refractivity contribution in [3.8, 4) is 0 Å². The Balaban J connectivity index is 2.07. The van der Waals surface area contributed by atoms with Gasteiger partial charge in [-0.15, -0.1) is 0 Å². The van der Waals surface area contributed by atoms with E-state index in [1.165, 1.54) is 0 Å². The number of nitrogens with zero attached hydrogens (tertiary/aromatic N) is 3. The summed E-state index contributed by atoms with van der Waals surface area (Å²) in [7, 11) is 1.97. The van der Waals surface area contributed by atoms with Crippen molar-refractivity contribution < 1.29 is 0 Å². The molecule has 1 N–H and O–H groups in total. The van der Waals surface area contributed by atoms with Gasteiger partial charge in [-0.25, -0.2) is 4.98 Å². The van der Waals surface area contributed by atoms with E-state index in [4.69, 9.17) is 0 Å². The Hall–Kier alpha value is -1.68. The van der Waals surface area contributed by atoms with Gasteiger partial charge in [-0.1, -0.05) is 13.5 Å². The molecule has 0 atom stereocenters. The topological polar surface area (TPSA) is 40.5 Å². The fraction of sp³-hybridized carbons (Fsp3) is 0.429. The summed E-state index contributed by atoms with van der Waals surface area (Å²) in [4.78, 5) is 11.0. The van der Waals surface area contributed by atoms with E-state index in [0.717, 1.165) is 48.8 Å². The second kappa shape index (κ2) is 5.78. The Morgan fingerprint density at radius 1 is 1.39 bits per heavy atom. The number of nitrogens with one attached hydrogen (secondary N) is 1. The van der Waals surface area contributed by atoms with Gasteiger partial charge in [-0.3, -0.25) is 4.99 Å². The number of anilines is 1. The third-order valence-corrected chi connectivity index (χ3v) is 3.05. The van der Waals surface area contributed by atoms with Crippen molar-refractivity contribution in [3.05, 3.63) is 30.1 Å². The van der Waals surface area contributed by atoms with Crippen molar-refractivity contribution >= 4 is 17.7 Å². The third-order valence-electron chi connectivity index (χ3n) is 3.05. The first-order valence-electron chi connectivity index (χ1n) is 6.39. The maximum atomic E-state index is 4.67. The number of hydrogen-bond acceptors (Lipinski definition) is 4. The van der Waals surface area contributed by atoms with Gasteiger partial charge in [0.1, 0.15) is 5.69 Å². The molecule has 4 heteroatoms. The van der Waals surface area contributed by atoms with Crippen molar-refractivity contribution in [3.63, 3.8) is 0 Å². The van der Waals surface area contributed by atoms with Crippen LogP contribution in [-0.4, -0.2) is 31.3 Å². The summed E-state index contributed by atoms with van der Waals surface area (Å²) in [5.74, 6) is 0.906. The minimum absolute atomic E-state index is 0.875. The van der Waals surface area contributed by atoms with E-state index in [2.05, 4.69) is 34.9 Å². The Morgan fingerprint density at radius 2 is 2.22 bits per heavy atom. The largest absolute Gasteiger partial charge is 0.327 e. The number of aromatic nitrogens is 1. The van der Waals surface area contributed by atoms with Gasteiger partial charge >= 0.3 is 0 Å². The maximum absolute atomic E-state index is 4.67. The van der Waals surface area contributed by atoms with Crippen LogP contribution in [0.5, 0.6) is 0 Å². The van der Waals surface area contributed by atoms with Crippen molar-refractivity contribution in [2.75, 3.05) is 25.0 Å². The first kappa shape index (κ1) is 12.8. The fourth-order valence-corrected chi connectivity index (χ4v) is 1.91. The lowest BCUT2D eigenvalue weighted by atomic mass is 10.2. The van der Waals surface area contributed by atoms with Crippen LogP contribution >= 0.6 is 0 Å². The van der Waals surface area contributed by atoms with E-state index in [9.17, 15) is 0 Å². The Kier molecular flexibility index (Phi) is 4.10. The molecule has 0 radical (unpaired) electrons. The smallest absolute Gasteiger partial charge is 0.159 e. The van der Waals surface area contributed by atoms with Crippen LogP contribution in [0.3, 0.4) is 0 Å². The predicted molar refractivity (Wildman–Crippen MR) is 76.8 cm³/mol. The Morgan fingerprint density at radius 3 is 3.00 bits per heavy atom. The zero-order valence-corrected chi connectivity index (χ0v) is 11.1. The summed E-state index contributed by atoms with van der Waals surface area (Å²) < 4.78 is 0. The van der Waals surface area contributed by atoms with Crippen molar-refractivity contribution in [1.29, 1.82) is 0 Å². The summed E-state index contributed by atoms with van der Waals surface area (Å²) in [6.07, 6.45) is 3.87. The molecule has 0 amide bonds. The molecule has 96 valence electrons. The van der Waals surface area contributed by atoms with Gasteiger partial charge in [0.25, 0.3) is 0 Å². The van der Waals surface area contributed by atoms with Gasteiger partial charge < -0.3 is 10.2 Å². The normalized spacial score (nSPS) is 13.9. The number of allylic oxidation sites excluding steroid dienone is 1. The fourth-order valence-electron chi connectivity index (χ4n) is 1.91. The van der Waals surface area contributed by atoms with Gasteiger partial charge in [0.2, 0.25) is 0 Å². The molecule has 0 saturated heterocycles. The van der Waals surface area contributed by atoms with E-state index >= 15 is 0 Å². The maximum Gasteiger partial charge on any atom is 0.159 e. The van der Waals surface area contributed by atoms with E-state index in [1.54, 1.807) is 6.21 Å². The number of pyridine rings is 1. The highest BCUT2D eigenvalue weighted by atomic mass is 15.2. The average Bonchev–Trinajstić information content (AvgIpc) is 2.39. The molecule has 1 aromatic heterocycles. The van der Waals surface area contributed by atoms with Crippen LogP contribution in [0, 0.1) is 0 Å². The lowest BCUT2D eigenvalue weighted by Gasteiger charge is -2.23. The highest BCUT2D eigenvalue weighted by Gasteiger charge is 2.15. The number of fused-ring (bicyclic) bond motifs is 1. The zero-order chi connectivity index (χ0) is 13.0. The van der Waals surface area contributed by atoms with Crippen LogP contribution in [0.4, 0.5) is 11.5 Å². The van der Waals surface area contributed by atoms with Crippen LogP contribution in [0.25, 0.3) is 0 Å². The highest BCUT2D eigenvalue weighted by Crippen LogP contribution is 2.30. The van der Waals surface area contributed by atoms with Crippen molar-refractivity contribution in [2.24, 2.45) is 4.99 Å². The van der Waals surface area contributed by atoms with Gasteiger partial charge in [-0.05, 0) is 38.1 Å². The molecule has 1 aliphatic heterocycles. The Bertz CT molecular complexity index is 465. The van der Waals surface area contributed by atoms with Crippen LogP contribution in [0.1, 0.15) is 19.0 Å². The molecule has 0 fully saturated rings. The number of rotatable bonds is 5. The first-order valence-corrected chi connectivity index (χ1v) is 6.39. The molecule has 18 heavy (non-hydrogen) atoms. The summed E-state index contributed by atoms with van der Waals surface area (Å²) in [6, 6.07) is 4.09. The van der Waals surface area contributed by atoms with Crippen molar-refractivity contribution in [1.82, 2.24) is 10.3 Å². The molecule has 0 aromatic carbocycles. The monoisotopic (exact) mass is 244 g/mol. The van der Waals surface area contributed by atoms with Crippen LogP contribution < -0.4 is 10.2 Å². The number of aliphatic imine (C=N–C) groups is 1. The number of hydrogen-bond donors (Lipinski definition) is 1. The highest BCUT2D eigenvalue weighted by molar-refractivity contribution is 5.91. The minimum Gasteiger partial charge on any atom is -0.327 e. The summed E-state index contributed by atoms with van der Waals surface area (Å²) in [5.41, 5.74) is 2.91. The number of aryl methyl sites for hydroxylation is 1.